The number of piperidine rings is 1. The van der Waals surface area contributed by atoms with E-state index in [1.54, 1.807) is 35.4 Å². The Morgan fingerprint density at radius 3 is 2.68 bits per heavy atom. The first kappa shape index (κ1) is 20.6. The standard InChI is InChI=1S/C22H26N8O/c1-15-13-16(2)27-22(26-15)28-21-20(23-10-11-24-21)17-5-4-12-30(14-17)19(31)7-6-18-8-9-25-29(18)3/h6-11,13,17H,4-5,12,14H2,1-3H3,(H,24,26,27,28)/b7-6+. The van der Waals surface area contributed by atoms with Crippen molar-refractivity contribution < 1.29 is 4.79 Å². The summed E-state index contributed by atoms with van der Waals surface area (Å²) in [4.78, 5) is 32.6. The molecule has 0 aliphatic carbocycles. The first-order valence-corrected chi connectivity index (χ1v) is 10.3. The molecule has 0 saturated carbocycles. The van der Waals surface area contributed by atoms with Gasteiger partial charge in [-0.25, -0.2) is 15.0 Å². The average Bonchev–Trinajstić information content (AvgIpc) is 3.16. The third-order valence-corrected chi connectivity index (χ3v) is 5.31. The molecular weight excluding hydrogens is 392 g/mol. The molecule has 31 heavy (non-hydrogen) atoms. The minimum Gasteiger partial charge on any atom is -0.338 e. The molecule has 0 radical (unpaired) electrons. The second-order valence-electron chi connectivity index (χ2n) is 7.73. The molecule has 0 bridgehead atoms. The molecule has 4 heterocycles. The van der Waals surface area contributed by atoms with Gasteiger partial charge in [-0.1, -0.05) is 0 Å². The molecule has 1 aliphatic rings. The molecule has 3 aromatic rings. The Bertz CT molecular complexity index is 1090. The molecule has 1 N–H and O–H groups in total. The maximum absolute atomic E-state index is 12.8. The molecule has 0 aromatic carbocycles. The van der Waals surface area contributed by atoms with Crippen LogP contribution in [0.25, 0.3) is 6.08 Å². The lowest BCUT2D eigenvalue weighted by molar-refractivity contribution is -0.127. The smallest absolute Gasteiger partial charge is 0.246 e. The van der Waals surface area contributed by atoms with Crippen molar-refractivity contribution in [2.75, 3.05) is 18.4 Å². The van der Waals surface area contributed by atoms with Crippen LogP contribution in [0.15, 0.2) is 36.8 Å². The number of nitrogens with zero attached hydrogens (tertiary/aromatic N) is 7. The van der Waals surface area contributed by atoms with Crippen LogP contribution in [-0.2, 0) is 11.8 Å². The third-order valence-electron chi connectivity index (χ3n) is 5.31. The van der Waals surface area contributed by atoms with Crippen molar-refractivity contribution in [3.05, 3.63) is 59.6 Å². The average molecular weight is 419 g/mol. The van der Waals surface area contributed by atoms with Crippen molar-refractivity contribution in [2.24, 2.45) is 7.05 Å². The summed E-state index contributed by atoms with van der Waals surface area (Å²) in [6.07, 6.45) is 10.3. The fraction of sp³-hybridized carbons (Fsp3) is 0.364. The third kappa shape index (κ3) is 4.93. The van der Waals surface area contributed by atoms with Crippen LogP contribution in [-0.4, -0.2) is 53.6 Å². The number of aryl methyl sites for hydroxylation is 3. The Balaban J connectivity index is 1.50. The largest absolute Gasteiger partial charge is 0.338 e. The Morgan fingerprint density at radius 2 is 1.94 bits per heavy atom. The van der Waals surface area contributed by atoms with Crippen molar-refractivity contribution in [2.45, 2.75) is 32.6 Å². The number of rotatable bonds is 5. The van der Waals surface area contributed by atoms with E-state index in [2.05, 4.69) is 30.4 Å². The highest BCUT2D eigenvalue weighted by Gasteiger charge is 2.27. The van der Waals surface area contributed by atoms with E-state index in [-0.39, 0.29) is 11.8 Å². The van der Waals surface area contributed by atoms with Crippen LogP contribution in [0.2, 0.25) is 0 Å². The number of carbonyl (C=O) groups excluding carboxylic acids is 1. The molecule has 160 valence electrons. The minimum absolute atomic E-state index is 0.0121. The van der Waals surface area contributed by atoms with Gasteiger partial charge in [-0.2, -0.15) is 5.10 Å². The fourth-order valence-electron chi connectivity index (χ4n) is 3.84. The van der Waals surface area contributed by atoms with Crippen LogP contribution >= 0.6 is 0 Å². The van der Waals surface area contributed by atoms with Gasteiger partial charge in [0.1, 0.15) is 0 Å². The summed E-state index contributed by atoms with van der Waals surface area (Å²) in [6, 6.07) is 3.79. The molecule has 1 unspecified atom stereocenters. The van der Waals surface area contributed by atoms with Crippen molar-refractivity contribution in [3.8, 4) is 0 Å². The molecule has 1 amide bonds. The predicted molar refractivity (Wildman–Crippen MR) is 118 cm³/mol. The highest BCUT2D eigenvalue weighted by atomic mass is 16.2. The lowest BCUT2D eigenvalue weighted by Crippen LogP contribution is -2.38. The second kappa shape index (κ2) is 9.03. The van der Waals surface area contributed by atoms with Gasteiger partial charge in [-0.15, -0.1) is 0 Å². The molecule has 1 saturated heterocycles. The number of amides is 1. The Kier molecular flexibility index (Phi) is 6.01. The summed E-state index contributed by atoms with van der Waals surface area (Å²) in [5, 5.41) is 7.34. The van der Waals surface area contributed by atoms with Crippen LogP contribution in [0, 0.1) is 13.8 Å². The monoisotopic (exact) mass is 418 g/mol. The van der Waals surface area contributed by atoms with E-state index >= 15 is 0 Å². The molecular formula is C22H26N8O. The SMILES string of the molecule is Cc1cc(C)nc(Nc2nccnc2C2CCCN(C(=O)/C=C/c3ccnn3C)C2)n1. The maximum Gasteiger partial charge on any atom is 0.246 e. The van der Waals surface area contributed by atoms with Gasteiger partial charge in [-0.3, -0.25) is 14.5 Å². The van der Waals surface area contributed by atoms with Gasteiger partial charge in [0.2, 0.25) is 11.9 Å². The van der Waals surface area contributed by atoms with Crippen LogP contribution < -0.4 is 5.32 Å². The fourth-order valence-corrected chi connectivity index (χ4v) is 3.84. The van der Waals surface area contributed by atoms with Crippen LogP contribution in [0.4, 0.5) is 11.8 Å². The number of hydrogen-bond donors (Lipinski definition) is 1. The van der Waals surface area contributed by atoms with E-state index in [0.29, 0.717) is 18.3 Å². The van der Waals surface area contributed by atoms with Gasteiger partial charge >= 0.3 is 0 Å². The number of aromatic nitrogens is 6. The lowest BCUT2D eigenvalue weighted by atomic mass is 9.94. The molecule has 1 fully saturated rings. The number of likely N-dealkylation sites (tertiary alicyclic amines) is 1. The summed E-state index contributed by atoms with van der Waals surface area (Å²) in [7, 11) is 1.85. The first-order chi connectivity index (χ1) is 15.0. The van der Waals surface area contributed by atoms with E-state index in [4.69, 9.17) is 0 Å². The zero-order valence-corrected chi connectivity index (χ0v) is 18.0. The van der Waals surface area contributed by atoms with Gasteiger partial charge in [0, 0.05) is 62.1 Å². The number of anilines is 2. The van der Waals surface area contributed by atoms with E-state index in [9.17, 15) is 4.79 Å². The van der Waals surface area contributed by atoms with Crippen LogP contribution in [0.5, 0.6) is 0 Å². The summed E-state index contributed by atoms with van der Waals surface area (Å²) < 4.78 is 1.73. The van der Waals surface area contributed by atoms with E-state index in [1.807, 2.05) is 37.9 Å². The Labute approximate surface area is 181 Å². The number of carbonyl (C=O) groups is 1. The van der Waals surface area contributed by atoms with Gasteiger partial charge in [0.05, 0.1) is 11.4 Å². The summed E-state index contributed by atoms with van der Waals surface area (Å²) in [5.74, 6) is 1.21. The number of hydrogen-bond acceptors (Lipinski definition) is 7. The molecule has 9 heteroatoms. The molecule has 1 aliphatic heterocycles. The van der Waals surface area contributed by atoms with Crippen molar-refractivity contribution in [1.82, 2.24) is 34.6 Å². The molecule has 0 spiro atoms. The van der Waals surface area contributed by atoms with E-state index in [0.717, 1.165) is 42.2 Å². The quantitative estimate of drug-likeness (QED) is 0.636. The lowest BCUT2D eigenvalue weighted by Gasteiger charge is -2.32. The molecule has 9 nitrogen and oxygen atoms in total. The van der Waals surface area contributed by atoms with Crippen LogP contribution in [0.1, 0.15) is 41.5 Å². The highest BCUT2D eigenvalue weighted by Crippen LogP contribution is 2.30. The van der Waals surface area contributed by atoms with Crippen molar-refractivity contribution >= 4 is 23.7 Å². The van der Waals surface area contributed by atoms with Gasteiger partial charge in [-0.05, 0) is 44.9 Å². The second-order valence-corrected chi connectivity index (χ2v) is 7.73. The zero-order chi connectivity index (χ0) is 21.8. The maximum atomic E-state index is 12.8. The summed E-state index contributed by atoms with van der Waals surface area (Å²) in [5.41, 5.74) is 3.49. The van der Waals surface area contributed by atoms with E-state index in [1.165, 1.54) is 0 Å². The van der Waals surface area contributed by atoms with Gasteiger partial charge in [0.15, 0.2) is 5.82 Å². The van der Waals surface area contributed by atoms with Crippen LogP contribution in [0.3, 0.4) is 0 Å². The first-order valence-electron chi connectivity index (χ1n) is 10.3. The number of nitrogens with one attached hydrogen (secondary N) is 1. The Morgan fingerprint density at radius 1 is 1.16 bits per heavy atom. The van der Waals surface area contributed by atoms with Gasteiger partial charge in [0.25, 0.3) is 0 Å². The summed E-state index contributed by atoms with van der Waals surface area (Å²) in [6.45, 7) is 5.19. The molecule has 3 aromatic heterocycles. The predicted octanol–water partition coefficient (Wildman–Crippen LogP) is 2.78. The topological polar surface area (TPSA) is 102 Å². The summed E-state index contributed by atoms with van der Waals surface area (Å²) >= 11 is 0. The highest BCUT2D eigenvalue weighted by molar-refractivity contribution is 5.91. The zero-order valence-electron chi connectivity index (χ0n) is 18.0. The van der Waals surface area contributed by atoms with Crippen molar-refractivity contribution in [1.29, 1.82) is 0 Å². The molecule has 4 rings (SSSR count). The van der Waals surface area contributed by atoms with Gasteiger partial charge < -0.3 is 10.2 Å². The van der Waals surface area contributed by atoms with Crippen molar-refractivity contribution in [3.63, 3.8) is 0 Å². The normalized spacial score (nSPS) is 16.6. The minimum atomic E-state index is -0.0121. The molecule has 1 atom stereocenters. The Hall–Kier alpha value is -3.62. The van der Waals surface area contributed by atoms with E-state index < -0.39 is 0 Å².